The lowest BCUT2D eigenvalue weighted by molar-refractivity contribution is 0.357. The maximum atomic E-state index is 5.56. The molecule has 0 atom stereocenters. The number of ether oxygens (including phenoxy) is 1. The lowest BCUT2D eigenvalue weighted by atomic mass is 10.1. The molecule has 1 aromatic heterocycles. The van der Waals surface area contributed by atoms with Crippen LogP contribution in [-0.2, 0) is 25.9 Å². The first-order chi connectivity index (χ1) is 10.4. The van der Waals surface area contributed by atoms with E-state index in [0.29, 0.717) is 0 Å². The van der Waals surface area contributed by atoms with Crippen molar-refractivity contribution in [3.8, 4) is 5.75 Å². The highest BCUT2D eigenvalue weighted by Gasteiger charge is 2.11. The van der Waals surface area contributed by atoms with Crippen molar-refractivity contribution in [1.82, 2.24) is 9.88 Å². The van der Waals surface area contributed by atoms with E-state index in [-0.39, 0.29) is 0 Å². The highest BCUT2D eigenvalue weighted by molar-refractivity contribution is 5.39. The first kappa shape index (κ1) is 14.2. The Kier molecular flexibility index (Phi) is 4.61. The van der Waals surface area contributed by atoms with Crippen LogP contribution in [0.4, 0.5) is 0 Å². The second-order valence-corrected chi connectivity index (χ2v) is 5.66. The van der Waals surface area contributed by atoms with Gasteiger partial charge in [0.1, 0.15) is 5.75 Å². The Morgan fingerprint density at radius 1 is 1.29 bits per heavy atom. The summed E-state index contributed by atoms with van der Waals surface area (Å²) in [6.07, 6.45) is 5.49. The molecule has 3 heteroatoms. The zero-order valence-electron chi connectivity index (χ0n) is 12.8. The number of aromatic nitrogens is 1. The standard InChI is InChI=1S/C18H24N2O/c1-2-9-19-14-17-4-3-10-20(17)11-7-15-5-6-18-16(13-15)8-12-21-18/h3-6,10,13,19H,2,7-9,11-12,14H2,1H3. The van der Waals surface area contributed by atoms with Gasteiger partial charge < -0.3 is 14.6 Å². The number of benzene rings is 1. The van der Waals surface area contributed by atoms with Crippen molar-refractivity contribution < 1.29 is 4.74 Å². The normalized spacial score (nSPS) is 13.2. The van der Waals surface area contributed by atoms with Crippen molar-refractivity contribution in [3.63, 3.8) is 0 Å². The number of nitrogens with zero attached hydrogens (tertiary/aromatic N) is 1. The quantitative estimate of drug-likeness (QED) is 0.790. The van der Waals surface area contributed by atoms with E-state index in [2.05, 4.69) is 53.3 Å². The third-order valence-corrected chi connectivity index (χ3v) is 4.05. The number of hydrogen-bond donors (Lipinski definition) is 1. The van der Waals surface area contributed by atoms with Gasteiger partial charge in [-0.1, -0.05) is 19.1 Å². The Labute approximate surface area is 126 Å². The number of rotatable bonds is 7. The number of fused-ring (bicyclic) bond motifs is 1. The Morgan fingerprint density at radius 2 is 2.24 bits per heavy atom. The maximum absolute atomic E-state index is 5.56. The summed E-state index contributed by atoms with van der Waals surface area (Å²) in [4.78, 5) is 0. The first-order valence-corrected chi connectivity index (χ1v) is 7.96. The van der Waals surface area contributed by atoms with Crippen molar-refractivity contribution in [2.45, 2.75) is 39.3 Å². The Balaban J connectivity index is 1.59. The van der Waals surface area contributed by atoms with Crippen LogP contribution >= 0.6 is 0 Å². The predicted molar refractivity (Wildman–Crippen MR) is 85.8 cm³/mol. The lowest BCUT2D eigenvalue weighted by Gasteiger charge is -2.10. The molecule has 0 bridgehead atoms. The van der Waals surface area contributed by atoms with Crippen LogP contribution in [0.2, 0.25) is 0 Å². The highest BCUT2D eigenvalue weighted by atomic mass is 16.5. The smallest absolute Gasteiger partial charge is 0.122 e. The van der Waals surface area contributed by atoms with Crippen molar-refractivity contribution in [3.05, 3.63) is 53.3 Å². The summed E-state index contributed by atoms with van der Waals surface area (Å²) in [7, 11) is 0. The lowest BCUT2D eigenvalue weighted by Crippen LogP contribution is -2.17. The van der Waals surface area contributed by atoms with Gasteiger partial charge in [-0.15, -0.1) is 0 Å². The molecule has 2 aromatic rings. The SMILES string of the molecule is CCCNCc1cccn1CCc1ccc2c(c1)CCO2. The van der Waals surface area contributed by atoms with Crippen LogP contribution in [0, 0.1) is 0 Å². The molecule has 112 valence electrons. The number of nitrogens with one attached hydrogen (secondary N) is 1. The van der Waals surface area contributed by atoms with Crippen molar-refractivity contribution in [1.29, 1.82) is 0 Å². The molecule has 3 nitrogen and oxygen atoms in total. The van der Waals surface area contributed by atoms with Crippen LogP contribution in [0.25, 0.3) is 0 Å². The molecule has 2 heterocycles. The molecule has 0 fully saturated rings. The molecule has 0 radical (unpaired) electrons. The van der Waals surface area contributed by atoms with Gasteiger partial charge in [0.15, 0.2) is 0 Å². The van der Waals surface area contributed by atoms with Crippen LogP contribution in [0.5, 0.6) is 5.75 Å². The third-order valence-electron chi connectivity index (χ3n) is 4.05. The zero-order valence-corrected chi connectivity index (χ0v) is 12.8. The van der Waals surface area contributed by atoms with Crippen molar-refractivity contribution in [2.24, 2.45) is 0 Å². The summed E-state index contributed by atoms with van der Waals surface area (Å²) in [5.41, 5.74) is 4.14. The summed E-state index contributed by atoms with van der Waals surface area (Å²) in [5.74, 6) is 1.07. The van der Waals surface area contributed by atoms with E-state index < -0.39 is 0 Å². The second kappa shape index (κ2) is 6.81. The fourth-order valence-electron chi connectivity index (χ4n) is 2.87. The van der Waals surface area contributed by atoms with Gasteiger partial charge in [0.2, 0.25) is 0 Å². The van der Waals surface area contributed by atoms with Gasteiger partial charge in [-0.05, 0) is 48.7 Å². The fourth-order valence-corrected chi connectivity index (χ4v) is 2.87. The Morgan fingerprint density at radius 3 is 3.14 bits per heavy atom. The van der Waals surface area contributed by atoms with Crippen molar-refractivity contribution >= 4 is 0 Å². The molecule has 21 heavy (non-hydrogen) atoms. The average Bonchev–Trinajstić information content (AvgIpc) is 3.13. The molecule has 0 aliphatic carbocycles. The monoisotopic (exact) mass is 284 g/mol. The predicted octanol–water partition coefficient (Wildman–Crippen LogP) is 3.17. The molecule has 0 amide bonds. The van der Waals surface area contributed by atoms with E-state index >= 15 is 0 Å². The maximum Gasteiger partial charge on any atom is 0.122 e. The summed E-state index contributed by atoms with van der Waals surface area (Å²) in [6, 6.07) is 11.0. The van der Waals surface area contributed by atoms with Gasteiger partial charge in [-0.2, -0.15) is 0 Å². The van der Waals surface area contributed by atoms with Gasteiger partial charge in [0.25, 0.3) is 0 Å². The summed E-state index contributed by atoms with van der Waals surface area (Å²) >= 11 is 0. The van der Waals surface area contributed by atoms with Crippen LogP contribution in [0.1, 0.15) is 30.2 Å². The molecule has 0 unspecified atom stereocenters. The fraction of sp³-hybridized carbons (Fsp3) is 0.444. The molecule has 1 aliphatic heterocycles. The minimum Gasteiger partial charge on any atom is -0.493 e. The van der Waals surface area contributed by atoms with Gasteiger partial charge in [0, 0.05) is 31.4 Å². The minimum absolute atomic E-state index is 0.837. The van der Waals surface area contributed by atoms with Crippen LogP contribution in [0.3, 0.4) is 0 Å². The number of aryl methyl sites for hydroxylation is 2. The van der Waals surface area contributed by atoms with Crippen molar-refractivity contribution in [2.75, 3.05) is 13.2 Å². The largest absolute Gasteiger partial charge is 0.493 e. The molecule has 3 rings (SSSR count). The van der Waals surface area contributed by atoms with E-state index in [1.807, 2.05) is 0 Å². The summed E-state index contributed by atoms with van der Waals surface area (Å²) < 4.78 is 7.92. The van der Waals surface area contributed by atoms with E-state index in [1.54, 1.807) is 0 Å². The summed E-state index contributed by atoms with van der Waals surface area (Å²) in [5, 5.41) is 3.47. The second-order valence-electron chi connectivity index (χ2n) is 5.66. The molecule has 0 spiro atoms. The Hall–Kier alpha value is -1.74. The van der Waals surface area contributed by atoms with Gasteiger partial charge in [0.05, 0.1) is 6.61 Å². The minimum atomic E-state index is 0.837. The van der Waals surface area contributed by atoms with Gasteiger partial charge >= 0.3 is 0 Å². The molecule has 0 saturated carbocycles. The van der Waals surface area contributed by atoms with Gasteiger partial charge in [-0.25, -0.2) is 0 Å². The molecular weight excluding hydrogens is 260 g/mol. The van der Waals surface area contributed by atoms with Crippen LogP contribution in [-0.4, -0.2) is 17.7 Å². The average molecular weight is 284 g/mol. The molecule has 1 aromatic carbocycles. The van der Waals surface area contributed by atoms with E-state index in [1.165, 1.54) is 23.2 Å². The van der Waals surface area contributed by atoms with Gasteiger partial charge in [-0.3, -0.25) is 0 Å². The third kappa shape index (κ3) is 3.48. The summed E-state index contributed by atoms with van der Waals surface area (Å²) in [6.45, 7) is 6.11. The highest BCUT2D eigenvalue weighted by Crippen LogP contribution is 2.26. The zero-order chi connectivity index (χ0) is 14.5. The molecule has 1 N–H and O–H groups in total. The number of hydrogen-bond acceptors (Lipinski definition) is 2. The van der Waals surface area contributed by atoms with E-state index in [4.69, 9.17) is 4.74 Å². The van der Waals surface area contributed by atoms with E-state index in [0.717, 1.165) is 44.8 Å². The topological polar surface area (TPSA) is 26.2 Å². The first-order valence-electron chi connectivity index (χ1n) is 7.96. The Bertz CT molecular complexity index is 589. The molecule has 0 saturated heterocycles. The van der Waals surface area contributed by atoms with Crippen LogP contribution in [0.15, 0.2) is 36.5 Å². The molecule has 1 aliphatic rings. The van der Waals surface area contributed by atoms with E-state index in [9.17, 15) is 0 Å². The molecular formula is C18H24N2O. The van der Waals surface area contributed by atoms with Crippen LogP contribution < -0.4 is 10.1 Å².